The van der Waals surface area contributed by atoms with Gasteiger partial charge in [0, 0.05) is 19.2 Å². The van der Waals surface area contributed by atoms with E-state index in [1.807, 2.05) is 0 Å². The number of aliphatic hydroxyl groups is 1. The van der Waals surface area contributed by atoms with E-state index in [1.54, 1.807) is 6.92 Å². The standard InChI is InChI=1S/C5H10N2O2.C2H6O/c8-5(9)7-4-1-2-6-3-4;1-2-3/h4,6-7H,1-3H2,(H,8,9);3H,2H2,1H3. The lowest BCUT2D eigenvalue weighted by molar-refractivity contribution is 0.190. The number of hydrogen-bond donors (Lipinski definition) is 4. The lowest BCUT2D eigenvalue weighted by atomic mass is 10.3. The largest absolute Gasteiger partial charge is 0.465 e. The van der Waals surface area contributed by atoms with Crippen LogP contribution in [-0.2, 0) is 0 Å². The van der Waals surface area contributed by atoms with Crippen LogP contribution < -0.4 is 10.6 Å². The molecule has 4 N–H and O–H groups in total. The second-order valence-corrected chi connectivity index (χ2v) is 2.46. The third-order valence-corrected chi connectivity index (χ3v) is 1.39. The van der Waals surface area contributed by atoms with Crippen molar-refractivity contribution in [2.24, 2.45) is 0 Å². The Labute approximate surface area is 71.8 Å². The van der Waals surface area contributed by atoms with E-state index < -0.39 is 6.09 Å². The van der Waals surface area contributed by atoms with Crippen LogP contribution in [0.2, 0.25) is 0 Å². The number of carbonyl (C=O) groups is 1. The second kappa shape index (κ2) is 6.87. The minimum absolute atomic E-state index is 0.127. The molecule has 1 fully saturated rings. The molecular formula is C7H16N2O3. The van der Waals surface area contributed by atoms with E-state index in [2.05, 4.69) is 10.6 Å². The Balaban J connectivity index is 0.000000354. The molecule has 0 aromatic carbocycles. The molecule has 0 bridgehead atoms. The minimum Gasteiger partial charge on any atom is -0.465 e. The normalized spacial score (nSPS) is 21.0. The van der Waals surface area contributed by atoms with Crippen molar-refractivity contribution in [1.82, 2.24) is 10.6 Å². The van der Waals surface area contributed by atoms with Gasteiger partial charge in [0.25, 0.3) is 0 Å². The number of nitrogens with one attached hydrogen (secondary N) is 2. The third-order valence-electron chi connectivity index (χ3n) is 1.39. The maximum absolute atomic E-state index is 10.0. The van der Waals surface area contributed by atoms with Gasteiger partial charge in [-0.25, -0.2) is 4.79 Å². The molecular weight excluding hydrogens is 160 g/mol. The summed E-state index contributed by atoms with van der Waals surface area (Å²) in [5.74, 6) is 0. The molecule has 1 atom stereocenters. The van der Waals surface area contributed by atoms with Crippen LogP contribution >= 0.6 is 0 Å². The Hall–Kier alpha value is -0.810. The lowest BCUT2D eigenvalue weighted by Gasteiger charge is -2.05. The van der Waals surface area contributed by atoms with Gasteiger partial charge in [-0.3, -0.25) is 0 Å². The first-order chi connectivity index (χ1) is 5.70. The zero-order chi connectivity index (χ0) is 9.40. The molecule has 1 unspecified atom stereocenters. The fourth-order valence-electron chi connectivity index (χ4n) is 0.952. The van der Waals surface area contributed by atoms with E-state index in [4.69, 9.17) is 10.2 Å². The maximum atomic E-state index is 10.0. The monoisotopic (exact) mass is 176 g/mol. The van der Waals surface area contributed by atoms with Gasteiger partial charge < -0.3 is 20.8 Å². The van der Waals surface area contributed by atoms with Crippen LogP contribution in [0.15, 0.2) is 0 Å². The molecule has 0 saturated carbocycles. The van der Waals surface area contributed by atoms with Crippen LogP contribution in [0.4, 0.5) is 4.79 Å². The Morgan fingerprint density at radius 2 is 2.33 bits per heavy atom. The van der Waals surface area contributed by atoms with Crippen molar-refractivity contribution in [1.29, 1.82) is 0 Å². The predicted molar refractivity (Wildman–Crippen MR) is 45.2 cm³/mol. The summed E-state index contributed by atoms with van der Waals surface area (Å²) >= 11 is 0. The summed E-state index contributed by atoms with van der Waals surface area (Å²) in [7, 11) is 0. The molecule has 12 heavy (non-hydrogen) atoms. The Bertz CT molecular complexity index is 124. The van der Waals surface area contributed by atoms with Gasteiger partial charge in [0.2, 0.25) is 0 Å². The average Bonchev–Trinajstić information content (AvgIpc) is 2.40. The summed E-state index contributed by atoms with van der Waals surface area (Å²) in [5.41, 5.74) is 0. The van der Waals surface area contributed by atoms with E-state index in [1.165, 1.54) is 0 Å². The quantitative estimate of drug-likeness (QED) is 0.439. The van der Waals surface area contributed by atoms with Crippen LogP contribution in [0.1, 0.15) is 13.3 Å². The molecule has 5 nitrogen and oxygen atoms in total. The van der Waals surface area contributed by atoms with Crippen LogP contribution in [0.5, 0.6) is 0 Å². The highest BCUT2D eigenvalue weighted by Gasteiger charge is 2.14. The molecule has 5 heteroatoms. The minimum atomic E-state index is -0.927. The number of rotatable bonds is 1. The smallest absolute Gasteiger partial charge is 0.404 e. The van der Waals surface area contributed by atoms with Gasteiger partial charge in [0.15, 0.2) is 0 Å². The van der Waals surface area contributed by atoms with E-state index >= 15 is 0 Å². The van der Waals surface area contributed by atoms with E-state index in [9.17, 15) is 4.79 Å². The summed E-state index contributed by atoms with van der Waals surface area (Å²) in [6.45, 7) is 3.62. The van der Waals surface area contributed by atoms with Gasteiger partial charge in [0.05, 0.1) is 0 Å². The molecule has 0 aromatic rings. The Morgan fingerprint density at radius 1 is 1.75 bits per heavy atom. The molecule has 1 saturated heterocycles. The fourth-order valence-corrected chi connectivity index (χ4v) is 0.952. The first kappa shape index (κ1) is 11.2. The van der Waals surface area contributed by atoms with Crippen molar-refractivity contribution < 1.29 is 15.0 Å². The lowest BCUT2D eigenvalue weighted by Crippen LogP contribution is -2.34. The highest BCUT2D eigenvalue weighted by molar-refractivity contribution is 5.64. The van der Waals surface area contributed by atoms with Crippen LogP contribution in [0.3, 0.4) is 0 Å². The molecule has 72 valence electrons. The van der Waals surface area contributed by atoms with Crippen LogP contribution in [-0.4, -0.2) is 42.0 Å². The maximum Gasteiger partial charge on any atom is 0.404 e. The molecule has 0 radical (unpaired) electrons. The first-order valence-electron chi connectivity index (χ1n) is 4.01. The van der Waals surface area contributed by atoms with Crippen LogP contribution in [0, 0.1) is 0 Å². The fraction of sp³-hybridized carbons (Fsp3) is 0.857. The Kier molecular flexibility index (Phi) is 6.41. The first-order valence-corrected chi connectivity index (χ1v) is 4.01. The molecule has 1 aliphatic heterocycles. The number of amides is 1. The van der Waals surface area contributed by atoms with E-state index in [0.717, 1.165) is 19.5 Å². The molecule has 0 spiro atoms. The van der Waals surface area contributed by atoms with Crippen molar-refractivity contribution in [3.05, 3.63) is 0 Å². The zero-order valence-corrected chi connectivity index (χ0v) is 7.21. The molecule has 0 aliphatic carbocycles. The zero-order valence-electron chi connectivity index (χ0n) is 7.21. The highest BCUT2D eigenvalue weighted by Crippen LogP contribution is 1.95. The van der Waals surface area contributed by atoms with E-state index in [-0.39, 0.29) is 12.6 Å². The number of aliphatic hydroxyl groups excluding tert-OH is 1. The van der Waals surface area contributed by atoms with Crippen molar-refractivity contribution in [3.8, 4) is 0 Å². The van der Waals surface area contributed by atoms with Gasteiger partial charge in [-0.1, -0.05) is 0 Å². The summed E-state index contributed by atoms with van der Waals surface area (Å²) < 4.78 is 0. The number of carboxylic acid groups (broad SMARTS) is 1. The average molecular weight is 176 g/mol. The van der Waals surface area contributed by atoms with Gasteiger partial charge >= 0.3 is 6.09 Å². The van der Waals surface area contributed by atoms with Gasteiger partial charge in [-0.2, -0.15) is 0 Å². The predicted octanol–water partition coefficient (Wildman–Crippen LogP) is -0.386. The van der Waals surface area contributed by atoms with Gasteiger partial charge in [-0.15, -0.1) is 0 Å². The summed E-state index contributed by atoms with van der Waals surface area (Å²) in [5, 5.41) is 21.3. The van der Waals surface area contributed by atoms with Crippen molar-refractivity contribution >= 4 is 6.09 Å². The summed E-state index contributed by atoms with van der Waals surface area (Å²) in [4.78, 5) is 10.0. The molecule has 1 aliphatic rings. The summed E-state index contributed by atoms with van der Waals surface area (Å²) in [6, 6.07) is 0.127. The van der Waals surface area contributed by atoms with Crippen molar-refractivity contribution in [2.45, 2.75) is 19.4 Å². The summed E-state index contributed by atoms with van der Waals surface area (Å²) in [6.07, 6.45) is -0.0181. The van der Waals surface area contributed by atoms with Crippen LogP contribution in [0.25, 0.3) is 0 Å². The third kappa shape index (κ3) is 5.94. The van der Waals surface area contributed by atoms with Gasteiger partial charge in [-0.05, 0) is 19.9 Å². The van der Waals surface area contributed by atoms with Crippen molar-refractivity contribution in [3.63, 3.8) is 0 Å². The van der Waals surface area contributed by atoms with Crippen molar-refractivity contribution in [2.75, 3.05) is 19.7 Å². The molecule has 1 amide bonds. The molecule has 0 aromatic heterocycles. The molecule has 1 rings (SSSR count). The van der Waals surface area contributed by atoms with E-state index in [0.29, 0.717) is 0 Å². The molecule has 1 heterocycles. The van der Waals surface area contributed by atoms with Gasteiger partial charge in [0.1, 0.15) is 0 Å². The SMILES string of the molecule is CCO.O=C(O)NC1CCNC1. The topological polar surface area (TPSA) is 81.6 Å². The Morgan fingerprint density at radius 3 is 2.67 bits per heavy atom. The second-order valence-electron chi connectivity index (χ2n) is 2.46. The number of hydrogen-bond acceptors (Lipinski definition) is 3. The highest BCUT2D eigenvalue weighted by atomic mass is 16.4.